The number of hydrogen-bond acceptors (Lipinski definition) is 4. The standard InChI is InChI=1S/C42H46N4/c1-31(36-23-12-14-25-38(36)43-3)17-16-18-32-27-28-33(29-30-40-42(2,44-4)37-24-13-15-26-39(37)45(40)5)41(32)46(34-19-8-6-9-20-34)35-21-10-7-11-22-35/h6-16,18-26,29-31,43-44H,17,27-28H2,1-5H3/b18-16+,33-29+,40-30+. The van der Waals surface area contributed by atoms with E-state index in [0.717, 1.165) is 30.6 Å². The molecule has 1 heterocycles. The van der Waals surface area contributed by atoms with Gasteiger partial charge in [0.1, 0.15) is 0 Å². The van der Waals surface area contributed by atoms with Crippen LogP contribution >= 0.6 is 0 Å². The van der Waals surface area contributed by atoms with E-state index in [2.05, 4.69) is 182 Å². The number of nitrogens with one attached hydrogen (secondary N) is 2. The molecule has 4 nitrogen and oxygen atoms in total. The molecule has 0 amide bonds. The van der Waals surface area contributed by atoms with Gasteiger partial charge in [0, 0.05) is 48.1 Å². The van der Waals surface area contributed by atoms with Crippen molar-refractivity contribution in [3.8, 4) is 0 Å². The molecule has 4 heteroatoms. The Bertz CT molecular complexity index is 1740. The van der Waals surface area contributed by atoms with Crippen molar-refractivity contribution in [2.45, 2.75) is 44.6 Å². The number of likely N-dealkylation sites (N-methyl/N-ethyl adjacent to an activating group) is 2. The van der Waals surface area contributed by atoms with Crippen LogP contribution in [0.4, 0.5) is 22.7 Å². The lowest BCUT2D eigenvalue weighted by Crippen LogP contribution is -2.38. The Kier molecular flexibility index (Phi) is 9.28. The summed E-state index contributed by atoms with van der Waals surface area (Å²) in [4.78, 5) is 4.78. The van der Waals surface area contributed by atoms with Crippen LogP contribution in [0.2, 0.25) is 0 Å². The number of hydrogen-bond donors (Lipinski definition) is 2. The van der Waals surface area contributed by atoms with Crippen molar-refractivity contribution in [2.75, 3.05) is 36.3 Å². The fourth-order valence-corrected chi connectivity index (χ4v) is 7.09. The number of para-hydroxylation sites is 4. The van der Waals surface area contributed by atoms with E-state index < -0.39 is 0 Å². The largest absolute Gasteiger partial charge is 0.388 e. The lowest BCUT2D eigenvalue weighted by Gasteiger charge is -2.29. The Morgan fingerprint density at radius 2 is 1.43 bits per heavy atom. The highest BCUT2D eigenvalue weighted by molar-refractivity contribution is 5.75. The van der Waals surface area contributed by atoms with E-state index >= 15 is 0 Å². The summed E-state index contributed by atoms with van der Waals surface area (Å²) in [6.07, 6.45) is 12.4. The number of allylic oxidation sites excluding steroid dienone is 6. The third-order valence-electron chi connectivity index (χ3n) is 9.71. The van der Waals surface area contributed by atoms with E-state index in [1.165, 1.54) is 45.0 Å². The third kappa shape index (κ3) is 5.93. The second-order valence-electron chi connectivity index (χ2n) is 12.5. The van der Waals surface area contributed by atoms with Crippen molar-refractivity contribution in [3.05, 3.63) is 167 Å². The van der Waals surface area contributed by atoms with Crippen molar-refractivity contribution in [3.63, 3.8) is 0 Å². The molecular formula is C42H46N4. The molecule has 234 valence electrons. The van der Waals surface area contributed by atoms with Crippen LogP contribution in [0.25, 0.3) is 0 Å². The van der Waals surface area contributed by atoms with Gasteiger partial charge in [-0.05, 0) is 98.3 Å². The van der Waals surface area contributed by atoms with Gasteiger partial charge in [-0.1, -0.05) is 97.9 Å². The zero-order chi connectivity index (χ0) is 32.1. The lowest BCUT2D eigenvalue weighted by atomic mass is 9.91. The Balaban J connectivity index is 1.43. The average molecular weight is 607 g/mol. The molecule has 0 saturated carbocycles. The normalized spacial score (nSPS) is 20.2. The van der Waals surface area contributed by atoms with Gasteiger partial charge in [-0.25, -0.2) is 0 Å². The molecule has 4 aromatic rings. The van der Waals surface area contributed by atoms with Crippen molar-refractivity contribution in [1.29, 1.82) is 0 Å². The molecule has 6 rings (SSSR count). The van der Waals surface area contributed by atoms with Crippen molar-refractivity contribution in [1.82, 2.24) is 5.32 Å². The summed E-state index contributed by atoms with van der Waals surface area (Å²) in [5, 5.41) is 7.00. The van der Waals surface area contributed by atoms with Gasteiger partial charge in [0.05, 0.1) is 11.2 Å². The van der Waals surface area contributed by atoms with Crippen LogP contribution in [0.3, 0.4) is 0 Å². The molecule has 2 atom stereocenters. The van der Waals surface area contributed by atoms with E-state index in [1.807, 2.05) is 7.05 Å². The first-order valence-electron chi connectivity index (χ1n) is 16.5. The predicted octanol–water partition coefficient (Wildman–Crippen LogP) is 10.1. The molecule has 0 saturated heterocycles. The monoisotopic (exact) mass is 606 g/mol. The minimum atomic E-state index is -0.272. The van der Waals surface area contributed by atoms with Gasteiger partial charge in [-0.3, -0.25) is 0 Å². The highest BCUT2D eigenvalue weighted by Crippen LogP contribution is 2.46. The molecular weight excluding hydrogens is 560 g/mol. The van der Waals surface area contributed by atoms with Gasteiger partial charge in [0.15, 0.2) is 0 Å². The molecule has 0 bridgehead atoms. The van der Waals surface area contributed by atoms with Crippen molar-refractivity contribution < 1.29 is 0 Å². The Hall–Kier alpha value is -4.80. The predicted molar refractivity (Wildman–Crippen MR) is 197 cm³/mol. The molecule has 2 N–H and O–H groups in total. The topological polar surface area (TPSA) is 30.5 Å². The maximum atomic E-state index is 3.63. The number of fused-ring (bicyclic) bond motifs is 1. The molecule has 2 aliphatic rings. The molecule has 2 unspecified atom stereocenters. The smallest absolute Gasteiger partial charge is 0.0832 e. The lowest BCUT2D eigenvalue weighted by molar-refractivity contribution is 0.485. The van der Waals surface area contributed by atoms with Crippen LogP contribution < -0.4 is 20.4 Å². The van der Waals surface area contributed by atoms with Crippen molar-refractivity contribution in [2.24, 2.45) is 0 Å². The summed E-state index contributed by atoms with van der Waals surface area (Å²) in [6, 6.07) is 38.9. The molecule has 0 aromatic heterocycles. The zero-order valence-corrected chi connectivity index (χ0v) is 27.8. The number of nitrogens with zero attached hydrogens (tertiary/aromatic N) is 2. The summed E-state index contributed by atoms with van der Waals surface area (Å²) in [5.41, 5.74) is 12.4. The maximum absolute atomic E-state index is 3.63. The van der Waals surface area contributed by atoms with Crippen LogP contribution in [0.1, 0.15) is 50.2 Å². The summed E-state index contributed by atoms with van der Waals surface area (Å²) in [7, 11) is 6.24. The molecule has 1 aliphatic heterocycles. The minimum absolute atomic E-state index is 0.272. The van der Waals surface area contributed by atoms with E-state index in [1.54, 1.807) is 0 Å². The fourth-order valence-electron chi connectivity index (χ4n) is 7.09. The first-order chi connectivity index (χ1) is 22.5. The van der Waals surface area contributed by atoms with E-state index in [4.69, 9.17) is 0 Å². The Morgan fingerprint density at radius 1 is 0.804 bits per heavy atom. The zero-order valence-electron chi connectivity index (χ0n) is 27.8. The maximum Gasteiger partial charge on any atom is 0.0832 e. The van der Waals surface area contributed by atoms with Crippen molar-refractivity contribution >= 4 is 22.7 Å². The van der Waals surface area contributed by atoms with E-state index in [-0.39, 0.29) is 5.54 Å². The van der Waals surface area contributed by atoms with Gasteiger partial charge in [0.2, 0.25) is 0 Å². The van der Waals surface area contributed by atoms with Gasteiger partial charge >= 0.3 is 0 Å². The van der Waals surface area contributed by atoms with Crippen LogP contribution in [-0.4, -0.2) is 21.1 Å². The highest BCUT2D eigenvalue weighted by Gasteiger charge is 2.40. The molecule has 0 spiro atoms. The number of benzene rings is 4. The van der Waals surface area contributed by atoms with Gasteiger partial charge < -0.3 is 20.4 Å². The summed E-state index contributed by atoms with van der Waals surface area (Å²) in [5.74, 6) is 0.406. The van der Waals surface area contributed by atoms with Gasteiger partial charge in [-0.15, -0.1) is 0 Å². The molecule has 1 aliphatic carbocycles. The van der Waals surface area contributed by atoms with Crippen LogP contribution in [0, 0.1) is 0 Å². The highest BCUT2D eigenvalue weighted by atomic mass is 15.2. The first-order valence-corrected chi connectivity index (χ1v) is 16.5. The quantitative estimate of drug-likeness (QED) is 0.188. The van der Waals surface area contributed by atoms with E-state index in [0.29, 0.717) is 5.92 Å². The second kappa shape index (κ2) is 13.7. The number of anilines is 4. The Labute approximate surface area is 275 Å². The van der Waals surface area contributed by atoms with Crippen LogP contribution in [-0.2, 0) is 5.54 Å². The minimum Gasteiger partial charge on any atom is -0.388 e. The average Bonchev–Trinajstić information content (AvgIpc) is 3.59. The summed E-state index contributed by atoms with van der Waals surface area (Å²) < 4.78 is 0. The molecule has 0 radical (unpaired) electrons. The number of rotatable bonds is 10. The molecule has 4 aromatic carbocycles. The second-order valence-corrected chi connectivity index (χ2v) is 12.5. The Morgan fingerprint density at radius 3 is 2.11 bits per heavy atom. The molecule has 46 heavy (non-hydrogen) atoms. The third-order valence-corrected chi connectivity index (χ3v) is 9.71. The summed E-state index contributed by atoms with van der Waals surface area (Å²) >= 11 is 0. The van der Waals surface area contributed by atoms with Crippen LogP contribution in [0.15, 0.2) is 156 Å². The molecule has 0 fully saturated rings. The first kappa shape index (κ1) is 31.2. The van der Waals surface area contributed by atoms with Crippen LogP contribution in [0.5, 0.6) is 0 Å². The van der Waals surface area contributed by atoms with E-state index in [9.17, 15) is 0 Å². The summed E-state index contributed by atoms with van der Waals surface area (Å²) in [6.45, 7) is 4.60. The fraction of sp³-hybridized carbons (Fsp3) is 0.238. The van der Waals surface area contributed by atoms with Gasteiger partial charge in [0.25, 0.3) is 0 Å². The SMILES string of the molecule is CNc1ccccc1C(C)C/C=C/C1=C(N(c2ccccc2)c2ccccc2)C(=C/C=C2/N(C)c3ccccc3C2(C)NC)/CC1. The van der Waals surface area contributed by atoms with Gasteiger partial charge in [-0.2, -0.15) is 0 Å².